The van der Waals surface area contributed by atoms with Crippen molar-refractivity contribution in [1.82, 2.24) is 9.46 Å². The molecule has 0 fully saturated rings. The van der Waals surface area contributed by atoms with Crippen molar-refractivity contribution in [2.24, 2.45) is 5.92 Å². The molecular formula is C18H22N4O6S. The van der Waals surface area contributed by atoms with Gasteiger partial charge in [0.05, 0.1) is 23.8 Å². The van der Waals surface area contributed by atoms with Crippen LogP contribution < -0.4 is 5.32 Å². The number of sulfonamides is 1. The number of benzene rings is 1. The molecule has 2 unspecified atom stereocenters. The van der Waals surface area contributed by atoms with E-state index in [4.69, 9.17) is 9.26 Å². The monoisotopic (exact) mass is 422 g/mol. The lowest BCUT2D eigenvalue weighted by Gasteiger charge is -2.17. The van der Waals surface area contributed by atoms with Crippen molar-refractivity contribution in [3.8, 4) is 6.07 Å². The molecule has 2 rings (SSSR count). The molecule has 0 bridgehead atoms. The van der Waals surface area contributed by atoms with Gasteiger partial charge in [-0.15, -0.1) is 0 Å². The van der Waals surface area contributed by atoms with E-state index in [1.165, 1.54) is 44.6 Å². The molecule has 0 saturated carbocycles. The number of aliphatic hydroxyl groups is 1. The van der Waals surface area contributed by atoms with Crippen LogP contribution in [0.5, 0.6) is 0 Å². The number of nitrogens with zero attached hydrogens (tertiary/aromatic N) is 3. The Morgan fingerprint density at radius 1 is 1.41 bits per heavy atom. The Kier molecular flexibility index (Phi) is 7.46. The van der Waals surface area contributed by atoms with E-state index in [1.807, 2.05) is 0 Å². The first-order chi connectivity index (χ1) is 13.7. The molecule has 0 radical (unpaired) electrons. The summed E-state index contributed by atoms with van der Waals surface area (Å²) in [6.45, 7) is 2.01. The Balaban J connectivity index is 2.11. The molecule has 11 heteroatoms. The average Bonchev–Trinajstić information content (AvgIpc) is 3.12. The zero-order valence-electron chi connectivity index (χ0n) is 16.2. The number of nitrogens with one attached hydrogen (secondary N) is 1. The zero-order valence-corrected chi connectivity index (χ0v) is 17.0. The average molecular weight is 422 g/mol. The van der Waals surface area contributed by atoms with Crippen LogP contribution in [0.1, 0.15) is 17.4 Å². The third-order valence-corrected chi connectivity index (χ3v) is 6.16. The van der Waals surface area contributed by atoms with Crippen molar-refractivity contribution in [2.75, 3.05) is 32.6 Å². The highest BCUT2D eigenvalue weighted by Crippen LogP contribution is 2.26. The second-order valence-electron chi connectivity index (χ2n) is 6.22. The number of amides is 1. The number of rotatable bonds is 9. The molecule has 1 heterocycles. The molecule has 1 amide bonds. The van der Waals surface area contributed by atoms with E-state index >= 15 is 0 Å². The van der Waals surface area contributed by atoms with Crippen LogP contribution >= 0.6 is 0 Å². The normalized spacial score (nSPS) is 13.7. The van der Waals surface area contributed by atoms with Crippen molar-refractivity contribution in [2.45, 2.75) is 17.9 Å². The molecule has 29 heavy (non-hydrogen) atoms. The Morgan fingerprint density at radius 3 is 2.59 bits per heavy atom. The van der Waals surface area contributed by atoms with Crippen molar-refractivity contribution in [3.63, 3.8) is 0 Å². The predicted molar refractivity (Wildman–Crippen MR) is 102 cm³/mol. The summed E-state index contributed by atoms with van der Waals surface area (Å²) in [5.41, 5.74) is 0.523. The number of methoxy groups -OCH3 is 1. The van der Waals surface area contributed by atoms with E-state index in [-0.39, 0.29) is 29.3 Å². The summed E-state index contributed by atoms with van der Waals surface area (Å²) in [4.78, 5) is 12.5. The fraction of sp³-hybridized carbons (Fsp3) is 0.389. The van der Waals surface area contributed by atoms with E-state index in [9.17, 15) is 23.6 Å². The lowest BCUT2D eigenvalue weighted by atomic mass is 9.97. The topological polar surface area (TPSA) is 146 Å². The van der Waals surface area contributed by atoms with Gasteiger partial charge in [-0.25, -0.2) is 8.42 Å². The molecule has 0 spiro atoms. The molecule has 0 saturated heterocycles. The number of nitriles is 1. The highest BCUT2D eigenvalue weighted by atomic mass is 32.2. The largest absolute Gasteiger partial charge is 0.386 e. The van der Waals surface area contributed by atoms with Gasteiger partial charge in [0, 0.05) is 32.0 Å². The van der Waals surface area contributed by atoms with Gasteiger partial charge in [0.25, 0.3) is 0 Å². The van der Waals surface area contributed by atoms with Gasteiger partial charge >= 0.3 is 0 Å². The third-order valence-electron chi connectivity index (χ3n) is 4.28. The van der Waals surface area contributed by atoms with Crippen LogP contribution in [0.15, 0.2) is 39.9 Å². The SMILES string of the molecule is COCCN(C)S(=O)(=O)c1ccc(NC(=O)C(C#N)C(O)c2cnoc2C)cc1. The molecule has 0 aliphatic heterocycles. The minimum absolute atomic E-state index is 0.0473. The van der Waals surface area contributed by atoms with E-state index in [0.717, 1.165) is 4.31 Å². The zero-order chi connectivity index (χ0) is 21.6. The van der Waals surface area contributed by atoms with Crippen molar-refractivity contribution in [3.05, 3.63) is 41.8 Å². The van der Waals surface area contributed by atoms with Crippen LogP contribution in [-0.4, -0.2) is 56.2 Å². The van der Waals surface area contributed by atoms with Crippen LogP contribution in [0.4, 0.5) is 5.69 Å². The number of aliphatic hydroxyl groups excluding tert-OH is 1. The Labute approximate surface area is 168 Å². The highest BCUT2D eigenvalue weighted by molar-refractivity contribution is 7.89. The summed E-state index contributed by atoms with van der Waals surface area (Å²) >= 11 is 0. The molecule has 2 aromatic rings. The second kappa shape index (κ2) is 9.62. The van der Waals surface area contributed by atoms with Gasteiger partial charge in [0.2, 0.25) is 15.9 Å². The quantitative estimate of drug-likeness (QED) is 0.610. The summed E-state index contributed by atoms with van der Waals surface area (Å²) in [6.07, 6.45) is -0.169. The second-order valence-corrected chi connectivity index (χ2v) is 8.27. The number of ether oxygens (including phenoxy) is 1. The number of anilines is 1. The van der Waals surface area contributed by atoms with Crippen molar-refractivity contribution >= 4 is 21.6 Å². The minimum Gasteiger partial charge on any atom is -0.386 e. The number of hydrogen-bond donors (Lipinski definition) is 2. The maximum Gasteiger partial charge on any atom is 0.244 e. The number of carbonyl (C=O) groups excluding carboxylic acids is 1. The first-order valence-electron chi connectivity index (χ1n) is 8.57. The number of hydrogen-bond acceptors (Lipinski definition) is 8. The molecular weight excluding hydrogens is 400 g/mol. The van der Waals surface area contributed by atoms with Crippen LogP contribution in [0.2, 0.25) is 0 Å². The van der Waals surface area contributed by atoms with Crippen LogP contribution in [0.3, 0.4) is 0 Å². The van der Waals surface area contributed by atoms with Crippen LogP contribution in [0, 0.1) is 24.2 Å². The summed E-state index contributed by atoms with van der Waals surface area (Å²) in [6, 6.07) is 7.25. The lowest BCUT2D eigenvalue weighted by molar-refractivity contribution is -0.121. The summed E-state index contributed by atoms with van der Waals surface area (Å²) in [5, 5.41) is 25.6. The maximum absolute atomic E-state index is 12.5. The smallest absolute Gasteiger partial charge is 0.244 e. The number of likely N-dealkylation sites (N-methyl/N-ethyl adjacent to an activating group) is 1. The molecule has 1 aromatic carbocycles. The molecule has 156 valence electrons. The fourth-order valence-electron chi connectivity index (χ4n) is 2.49. The maximum atomic E-state index is 12.5. The van der Waals surface area contributed by atoms with Gasteiger partial charge in [0.15, 0.2) is 5.92 Å². The first kappa shape index (κ1) is 22.5. The Morgan fingerprint density at radius 2 is 2.07 bits per heavy atom. The lowest BCUT2D eigenvalue weighted by Crippen LogP contribution is -2.30. The fourth-order valence-corrected chi connectivity index (χ4v) is 3.65. The van der Waals surface area contributed by atoms with E-state index in [0.29, 0.717) is 5.76 Å². The van der Waals surface area contributed by atoms with Crippen molar-refractivity contribution < 1.29 is 27.6 Å². The van der Waals surface area contributed by atoms with Crippen LogP contribution in [0.25, 0.3) is 0 Å². The van der Waals surface area contributed by atoms with Gasteiger partial charge in [-0.3, -0.25) is 4.79 Å². The predicted octanol–water partition coefficient (Wildman–Crippen LogP) is 1.06. The highest BCUT2D eigenvalue weighted by Gasteiger charge is 2.31. The van der Waals surface area contributed by atoms with E-state index in [2.05, 4.69) is 10.5 Å². The van der Waals surface area contributed by atoms with Gasteiger partial charge in [-0.2, -0.15) is 9.57 Å². The van der Waals surface area contributed by atoms with Crippen LogP contribution in [-0.2, 0) is 19.6 Å². The van der Waals surface area contributed by atoms with Gasteiger partial charge < -0.3 is 19.7 Å². The number of aromatic nitrogens is 1. The molecule has 2 atom stereocenters. The first-order valence-corrected chi connectivity index (χ1v) is 10.0. The van der Waals surface area contributed by atoms with Crippen molar-refractivity contribution in [1.29, 1.82) is 5.26 Å². The van der Waals surface area contributed by atoms with Gasteiger partial charge in [0.1, 0.15) is 11.9 Å². The van der Waals surface area contributed by atoms with Gasteiger partial charge in [-0.1, -0.05) is 5.16 Å². The summed E-state index contributed by atoms with van der Waals surface area (Å²) in [5.74, 6) is -1.84. The van der Waals surface area contributed by atoms with Gasteiger partial charge in [-0.05, 0) is 31.2 Å². The molecule has 1 aromatic heterocycles. The Hall–Kier alpha value is -2.78. The van der Waals surface area contributed by atoms with E-state index in [1.54, 1.807) is 13.0 Å². The molecule has 2 N–H and O–H groups in total. The molecule has 10 nitrogen and oxygen atoms in total. The number of carbonyl (C=O) groups is 1. The summed E-state index contributed by atoms with van der Waals surface area (Å²) < 4.78 is 35.8. The third kappa shape index (κ3) is 5.18. The molecule has 0 aliphatic rings. The Bertz CT molecular complexity index is 981. The minimum atomic E-state index is -3.69. The molecule has 0 aliphatic carbocycles. The summed E-state index contributed by atoms with van der Waals surface area (Å²) in [7, 11) is -0.774. The standard InChI is InChI=1S/C18H22N4O6S/c1-12-16(11-20-28-12)17(23)15(10-19)18(24)21-13-4-6-14(7-5-13)29(25,26)22(2)8-9-27-3/h4-7,11,15,17,23H,8-9H2,1-3H3,(H,21,24). The number of aryl methyl sites for hydroxylation is 1. The van der Waals surface area contributed by atoms with E-state index < -0.39 is 28.0 Å².